The van der Waals surface area contributed by atoms with Crippen molar-refractivity contribution in [3.05, 3.63) is 26.9 Å². The summed E-state index contributed by atoms with van der Waals surface area (Å²) in [4.78, 5) is 39.1. The second-order valence-corrected chi connectivity index (χ2v) is 8.05. The Hall–Kier alpha value is -1.88. The molecular weight excluding hydrogens is 507 g/mol. The van der Waals surface area contributed by atoms with Gasteiger partial charge in [-0.2, -0.15) is 0 Å². The van der Waals surface area contributed by atoms with Crippen LogP contribution in [0.3, 0.4) is 0 Å². The Balaban J connectivity index is 2.09. The second-order valence-electron chi connectivity index (χ2n) is 6.52. The third-order valence-corrected chi connectivity index (χ3v) is 5.56. The fraction of sp³-hybridized carbons (Fsp3) is 0.444. The van der Waals surface area contributed by atoms with E-state index in [9.17, 15) is 14.4 Å². The summed E-state index contributed by atoms with van der Waals surface area (Å²) >= 11 is 15.6. The predicted octanol–water partition coefficient (Wildman–Crippen LogP) is 3.43. The Morgan fingerprint density at radius 2 is 1.67 bits per heavy atom. The second kappa shape index (κ2) is 9.09. The molecule has 2 heterocycles. The van der Waals surface area contributed by atoms with Gasteiger partial charge in [0.25, 0.3) is 0 Å². The molecule has 0 aliphatic carbocycles. The summed E-state index contributed by atoms with van der Waals surface area (Å²) < 4.78 is 23.8. The first kappa shape index (κ1) is 22.8. The standard InChI is InChI=1S/C18H17BrCl2N2O7/c1-7(24)27-6-14-15(28-8(2)25)16(29-9(3)26)17(30-14)23-13-5-11(21)10(20)4-12(13)22-18(23)19/h4-5,14-17H,6H2,1-3H3/t14-,15-,16-,17-/m0/s1. The van der Waals surface area contributed by atoms with Crippen LogP contribution in [-0.2, 0) is 33.3 Å². The largest absolute Gasteiger partial charge is 0.463 e. The van der Waals surface area contributed by atoms with Gasteiger partial charge in [-0.25, -0.2) is 4.98 Å². The van der Waals surface area contributed by atoms with E-state index >= 15 is 0 Å². The smallest absolute Gasteiger partial charge is 0.303 e. The van der Waals surface area contributed by atoms with Crippen LogP contribution < -0.4 is 0 Å². The summed E-state index contributed by atoms with van der Waals surface area (Å²) in [5, 5.41) is 0.601. The average Bonchev–Trinajstić information content (AvgIpc) is 3.10. The van der Waals surface area contributed by atoms with Crippen LogP contribution in [0.1, 0.15) is 27.0 Å². The van der Waals surface area contributed by atoms with Gasteiger partial charge in [0.1, 0.15) is 12.7 Å². The molecule has 0 N–H and O–H groups in total. The van der Waals surface area contributed by atoms with E-state index in [4.69, 9.17) is 42.1 Å². The van der Waals surface area contributed by atoms with Crippen LogP contribution >= 0.6 is 39.1 Å². The van der Waals surface area contributed by atoms with Crippen molar-refractivity contribution >= 4 is 68.1 Å². The first-order chi connectivity index (χ1) is 14.1. The van der Waals surface area contributed by atoms with Crippen LogP contribution in [-0.4, -0.2) is 52.4 Å². The molecule has 30 heavy (non-hydrogen) atoms. The number of nitrogens with zero attached hydrogens (tertiary/aromatic N) is 2. The highest BCUT2D eigenvalue weighted by atomic mass is 79.9. The van der Waals surface area contributed by atoms with Crippen LogP contribution in [0, 0.1) is 0 Å². The summed E-state index contributed by atoms with van der Waals surface area (Å²) in [5.41, 5.74) is 1.04. The normalized spacial score (nSPS) is 23.4. The van der Waals surface area contributed by atoms with Crippen molar-refractivity contribution in [2.75, 3.05) is 6.61 Å². The number of carbonyl (C=O) groups excluding carboxylic acids is 3. The quantitative estimate of drug-likeness (QED) is 0.433. The van der Waals surface area contributed by atoms with Crippen molar-refractivity contribution < 1.29 is 33.3 Å². The lowest BCUT2D eigenvalue weighted by Crippen LogP contribution is -2.40. The Bertz CT molecular complexity index is 1010. The number of aromatic nitrogens is 2. The molecular formula is C18H17BrCl2N2O7. The lowest BCUT2D eigenvalue weighted by molar-refractivity contribution is -0.166. The van der Waals surface area contributed by atoms with Crippen LogP contribution in [0.15, 0.2) is 16.9 Å². The summed E-state index contributed by atoms with van der Waals surface area (Å²) in [6, 6.07) is 3.17. The van der Waals surface area contributed by atoms with E-state index in [2.05, 4.69) is 20.9 Å². The Kier molecular flexibility index (Phi) is 6.91. The van der Waals surface area contributed by atoms with Gasteiger partial charge in [0, 0.05) is 20.8 Å². The molecule has 0 amide bonds. The molecule has 0 spiro atoms. The van der Waals surface area contributed by atoms with E-state index in [1.54, 1.807) is 16.7 Å². The molecule has 1 aromatic carbocycles. The Labute approximate surface area is 189 Å². The Morgan fingerprint density at radius 3 is 2.27 bits per heavy atom. The molecule has 0 unspecified atom stereocenters. The molecule has 2 aromatic rings. The lowest BCUT2D eigenvalue weighted by Gasteiger charge is -2.24. The van der Waals surface area contributed by atoms with Crippen molar-refractivity contribution in [2.24, 2.45) is 0 Å². The number of halogens is 3. The van der Waals surface area contributed by atoms with Gasteiger partial charge >= 0.3 is 17.9 Å². The molecule has 0 saturated carbocycles. The fourth-order valence-corrected chi connectivity index (χ4v) is 4.10. The van der Waals surface area contributed by atoms with E-state index in [-0.39, 0.29) is 11.6 Å². The molecule has 9 nitrogen and oxygen atoms in total. The van der Waals surface area contributed by atoms with Crippen LogP contribution in [0.2, 0.25) is 10.0 Å². The van der Waals surface area contributed by atoms with Gasteiger partial charge in [-0.1, -0.05) is 23.2 Å². The van der Waals surface area contributed by atoms with E-state index < -0.39 is 42.4 Å². The molecule has 1 aliphatic heterocycles. The molecule has 1 fully saturated rings. The third-order valence-electron chi connectivity index (χ3n) is 4.28. The molecule has 0 radical (unpaired) electrons. The summed E-state index contributed by atoms with van der Waals surface area (Å²) in [6.45, 7) is 3.46. The maximum atomic E-state index is 11.8. The molecule has 0 bridgehead atoms. The molecule has 3 rings (SSSR count). The van der Waals surface area contributed by atoms with Gasteiger partial charge in [0.2, 0.25) is 0 Å². The number of esters is 3. The highest BCUT2D eigenvalue weighted by Crippen LogP contribution is 2.39. The molecule has 1 aromatic heterocycles. The Morgan fingerprint density at radius 1 is 1.07 bits per heavy atom. The van der Waals surface area contributed by atoms with E-state index in [1.807, 2.05) is 0 Å². The highest BCUT2D eigenvalue weighted by Gasteiger charge is 2.51. The number of hydrogen-bond acceptors (Lipinski definition) is 8. The predicted molar refractivity (Wildman–Crippen MR) is 109 cm³/mol. The first-order valence-corrected chi connectivity index (χ1v) is 10.3. The molecule has 1 aliphatic rings. The summed E-state index contributed by atoms with van der Waals surface area (Å²) in [5.74, 6) is -1.76. The van der Waals surface area contributed by atoms with E-state index in [1.165, 1.54) is 20.8 Å². The minimum Gasteiger partial charge on any atom is -0.463 e. The van der Waals surface area contributed by atoms with Gasteiger partial charge in [-0.05, 0) is 28.1 Å². The first-order valence-electron chi connectivity index (χ1n) is 8.74. The number of fused-ring (bicyclic) bond motifs is 1. The lowest BCUT2D eigenvalue weighted by atomic mass is 10.1. The van der Waals surface area contributed by atoms with Crippen molar-refractivity contribution in [3.8, 4) is 0 Å². The number of carbonyl (C=O) groups is 3. The monoisotopic (exact) mass is 522 g/mol. The molecule has 162 valence electrons. The van der Waals surface area contributed by atoms with Crippen molar-refractivity contribution in [3.63, 3.8) is 0 Å². The van der Waals surface area contributed by atoms with Gasteiger partial charge in [-0.15, -0.1) is 0 Å². The minimum atomic E-state index is -1.05. The van der Waals surface area contributed by atoms with Crippen LogP contribution in [0.5, 0.6) is 0 Å². The van der Waals surface area contributed by atoms with Crippen LogP contribution in [0.25, 0.3) is 11.0 Å². The van der Waals surface area contributed by atoms with Gasteiger partial charge in [0.05, 0.1) is 21.1 Å². The number of benzene rings is 1. The number of rotatable bonds is 5. The average molecular weight is 524 g/mol. The zero-order valence-corrected chi connectivity index (χ0v) is 19.2. The number of hydrogen-bond donors (Lipinski definition) is 0. The third kappa shape index (κ3) is 4.72. The van der Waals surface area contributed by atoms with Crippen molar-refractivity contribution in [1.29, 1.82) is 0 Å². The van der Waals surface area contributed by atoms with E-state index in [0.29, 0.717) is 20.8 Å². The van der Waals surface area contributed by atoms with Gasteiger partial charge in [0.15, 0.2) is 23.2 Å². The van der Waals surface area contributed by atoms with Crippen LogP contribution in [0.4, 0.5) is 0 Å². The minimum absolute atomic E-state index is 0.210. The molecule has 12 heteroatoms. The van der Waals surface area contributed by atoms with Crippen molar-refractivity contribution in [1.82, 2.24) is 9.55 Å². The summed E-state index contributed by atoms with van der Waals surface area (Å²) in [6.07, 6.45) is -3.92. The zero-order valence-electron chi connectivity index (χ0n) is 16.1. The topological polar surface area (TPSA) is 106 Å². The van der Waals surface area contributed by atoms with Crippen molar-refractivity contribution in [2.45, 2.75) is 45.3 Å². The fourth-order valence-electron chi connectivity index (χ4n) is 3.20. The molecule has 4 atom stereocenters. The van der Waals surface area contributed by atoms with Gasteiger partial charge < -0.3 is 18.9 Å². The molecule has 1 saturated heterocycles. The maximum absolute atomic E-state index is 11.8. The SMILES string of the molecule is CC(=O)OC[C@@H]1O[C@H](n2c(Br)nc3cc(Cl)c(Cl)cc32)[C@@H](OC(C)=O)[C@H]1OC(C)=O. The maximum Gasteiger partial charge on any atom is 0.303 e. The summed E-state index contributed by atoms with van der Waals surface area (Å²) in [7, 11) is 0. The zero-order chi connectivity index (χ0) is 22.2. The number of imidazole rings is 1. The van der Waals surface area contributed by atoms with E-state index in [0.717, 1.165) is 0 Å². The number of ether oxygens (including phenoxy) is 4. The van der Waals surface area contributed by atoms with Gasteiger partial charge in [-0.3, -0.25) is 19.0 Å². The highest BCUT2D eigenvalue weighted by molar-refractivity contribution is 9.10.